The molecule has 0 unspecified atom stereocenters. The molecule has 2 N–H and O–H groups in total. The SMILES string of the molecule is CC(C)(C)OC(=O)NC1(C=O)CC1.CNC1(C(=O)OC)CC1. The summed E-state index contributed by atoms with van der Waals surface area (Å²) < 4.78 is 9.57. The minimum Gasteiger partial charge on any atom is -0.468 e. The van der Waals surface area contributed by atoms with Gasteiger partial charge in [-0.1, -0.05) is 0 Å². The predicted octanol–water partition coefficient (Wildman–Crippen LogP) is 1.15. The van der Waals surface area contributed by atoms with E-state index < -0.39 is 17.2 Å². The average molecular weight is 314 g/mol. The molecule has 2 aliphatic carbocycles. The standard InChI is InChI=1S/C9H15NO3.C6H11NO2/c1-8(2,3)13-7(12)10-9(6-11)4-5-9;1-7-6(3-4-6)5(8)9-2/h6H,4-5H2,1-3H3,(H,10,12);7H,3-4H2,1-2H3. The highest BCUT2D eigenvalue weighted by atomic mass is 16.6. The third kappa shape index (κ3) is 5.29. The Bertz CT molecular complexity index is 434. The number of alkyl carbamates (subject to hydrolysis) is 1. The minimum atomic E-state index is -0.623. The molecule has 126 valence electrons. The van der Waals surface area contributed by atoms with Crippen LogP contribution in [0.5, 0.6) is 0 Å². The number of carbonyl (C=O) groups is 3. The maximum absolute atomic E-state index is 11.2. The third-order valence-electron chi connectivity index (χ3n) is 3.57. The van der Waals surface area contributed by atoms with Crippen LogP contribution in [0, 0.1) is 0 Å². The van der Waals surface area contributed by atoms with Crippen molar-refractivity contribution in [2.45, 2.75) is 63.1 Å². The highest BCUT2D eigenvalue weighted by Gasteiger charge is 2.49. The van der Waals surface area contributed by atoms with E-state index in [0.717, 1.165) is 32.0 Å². The second-order valence-electron chi connectivity index (χ2n) is 6.72. The molecule has 0 aromatic rings. The van der Waals surface area contributed by atoms with Crippen LogP contribution in [0.3, 0.4) is 0 Å². The molecule has 22 heavy (non-hydrogen) atoms. The quantitative estimate of drug-likeness (QED) is 0.597. The van der Waals surface area contributed by atoms with Crippen LogP contribution < -0.4 is 10.6 Å². The number of aldehydes is 1. The number of nitrogens with one attached hydrogen (secondary N) is 2. The Hall–Kier alpha value is -1.63. The van der Waals surface area contributed by atoms with Crippen molar-refractivity contribution in [1.29, 1.82) is 0 Å². The van der Waals surface area contributed by atoms with Crippen molar-refractivity contribution in [3.05, 3.63) is 0 Å². The van der Waals surface area contributed by atoms with Crippen LogP contribution >= 0.6 is 0 Å². The van der Waals surface area contributed by atoms with Crippen LogP contribution in [-0.4, -0.2) is 49.2 Å². The lowest BCUT2D eigenvalue weighted by Crippen LogP contribution is -2.41. The zero-order valence-electron chi connectivity index (χ0n) is 13.9. The summed E-state index contributed by atoms with van der Waals surface area (Å²) >= 11 is 0. The fourth-order valence-electron chi connectivity index (χ4n) is 1.79. The van der Waals surface area contributed by atoms with Crippen molar-refractivity contribution in [2.24, 2.45) is 0 Å². The molecule has 0 aromatic heterocycles. The zero-order valence-corrected chi connectivity index (χ0v) is 13.9. The fourth-order valence-corrected chi connectivity index (χ4v) is 1.79. The molecular formula is C15H26N2O5. The largest absolute Gasteiger partial charge is 0.468 e. The third-order valence-corrected chi connectivity index (χ3v) is 3.57. The molecule has 0 spiro atoms. The van der Waals surface area contributed by atoms with E-state index in [1.165, 1.54) is 7.11 Å². The Balaban J connectivity index is 0.000000235. The molecule has 2 saturated carbocycles. The number of methoxy groups -OCH3 is 1. The summed E-state index contributed by atoms with van der Waals surface area (Å²) in [6, 6.07) is 0. The van der Waals surface area contributed by atoms with Gasteiger partial charge < -0.3 is 24.9 Å². The van der Waals surface area contributed by atoms with Crippen LogP contribution in [0.4, 0.5) is 4.79 Å². The monoisotopic (exact) mass is 314 g/mol. The minimum absolute atomic E-state index is 0.134. The summed E-state index contributed by atoms with van der Waals surface area (Å²) in [4.78, 5) is 32.5. The molecule has 0 aliphatic heterocycles. The van der Waals surface area contributed by atoms with Gasteiger partial charge in [0.2, 0.25) is 0 Å². The maximum atomic E-state index is 11.2. The van der Waals surface area contributed by atoms with Gasteiger partial charge in [-0.05, 0) is 53.5 Å². The van der Waals surface area contributed by atoms with Crippen molar-refractivity contribution >= 4 is 18.3 Å². The lowest BCUT2D eigenvalue weighted by atomic mass is 10.2. The lowest BCUT2D eigenvalue weighted by Gasteiger charge is -2.21. The molecule has 0 atom stereocenters. The summed E-state index contributed by atoms with van der Waals surface area (Å²) in [5.74, 6) is -0.134. The van der Waals surface area contributed by atoms with Gasteiger partial charge in [0.15, 0.2) is 0 Å². The topological polar surface area (TPSA) is 93.7 Å². The van der Waals surface area contributed by atoms with E-state index >= 15 is 0 Å². The van der Waals surface area contributed by atoms with E-state index in [4.69, 9.17) is 4.74 Å². The molecule has 7 heteroatoms. The van der Waals surface area contributed by atoms with Crippen LogP contribution in [0.1, 0.15) is 46.5 Å². The van der Waals surface area contributed by atoms with Crippen LogP contribution in [0.25, 0.3) is 0 Å². The van der Waals surface area contributed by atoms with Crippen molar-refractivity contribution in [1.82, 2.24) is 10.6 Å². The van der Waals surface area contributed by atoms with Gasteiger partial charge in [0.25, 0.3) is 0 Å². The van der Waals surface area contributed by atoms with Crippen LogP contribution in [0.2, 0.25) is 0 Å². The molecule has 0 bridgehead atoms. The molecule has 2 rings (SSSR count). The summed E-state index contributed by atoms with van der Waals surface area (Å²) in [7, 11) is 3.20. The first-order chi connectivity index (χ1) is 10.1. The number of amides is 1. The highest BCUT2D eigenvalue weighted by molar-refractivity contribution is 5.84. The molecule has 2 aliphatic rings. The summed E-state index contributed by atoms with van der Waals surface area (Å²) in [6.07, 6.45) is 3.52. The first kappa shape index (κ1) is 18.4. The Morgan fingerprint density at radius 3 is 1.91 bits per heavy atom. The molecule has 0 heterocycles. The number of ether oxygens (including phenoxy) is 2. The lowest BCUT2D eigenvalue weighted by molar-refractivity contribution is -0.144. The van der Waals surface area contributed by atoms with Crippen molar-refractivity contribution in [3.63, 3.8) is 0 Å². The molecule has 1 amide bonds. The molecule has 7 nitrogen and oxygen atoms in total. The maximum Gasteiger partial charge on any atom is 0.408 e. The first-order valence-corrected chi connectivity index (χ1v) is 7.37. The summed E-state index contributed by atoms with van der Waals surface area (Å²) in [5, 5.41) is 5.47. The smallest absolute Gasteiger partial charge is 0.408 e. The number of hydrogen-bond acceptors (Lipinski definition) is 6. The van der Waals surface area contributed by atoms with Gasteiger partial charge in [-0.15, -0.1) is 0 Å². The van der Waals surface area contributed by atoms with Crippen molar-refractivity contribution in [2.75, 3.05) is 14.2 Å². The van der Waals surface area contributed by atoms with E-state index in [9.17, 15) is 14.4 Å². The number of hydrogen-bond donors (Lipinski definition) is 2. The molecule has 0 saturated heterocycles. The van der Waals surface area contributed by atoms with Crippen LogP contribution in [-0.2, 0) is 19.1 Å². The number of likely N-dealkylation sites (N-methyl/N-ethyl adjacent to an activating group) is 1. The summed E-state index contributed by atoms with van der Waals surface area (Å²) in [5.41, 5.74) is -1.44. The first-order valence-electron chi connectivity index (χ1n) is 7.37. The van der Waals surface area contributed by atoms with E-state index in [-0.39, 0.29) is 11.5 Å². The molecule has 0 aromatic carbocycles. The van der Waals surface area contributed by atoms with Crippen LogP contribution in [0.15, 0.2) is 0 Å². The van der Waals surface area contributed by atoms with E-state index in [1.807, 2.05) is 0 Å². The Labute approximate surface area is 131 Å². The van der Waals surface area contributed by atoms with Gasteiger partial charge >= 0.3 is 12.1 Å². The Kier molecular flexibility index (Phi) is 5.56. The highest BCUT2D eigenvalue weighted by Crippen LogP contribution is 2.35. The number of rotatable bonds is 4. The van der Waals surface area contributed by atoms with Gasteiger partial charge in [-0.25, -0.2) is 4.79 Å². The second-order valence-corrected chi connectivity index (χ2v) is 6.72. The predicted molar refractivity (Wildman–Crippen MR) is 80.4 cm³/mol. The van der Waals surface area contributed by atoms with Crippen molar-refractivity contribution in [3.8, 4) is 0 Å². The zero-order chi connectivity index (χ0) is 17.0. The van der Waals surface area contributed by atoms with E-state index in [2.05, 4.69) is 15.4 Å². The average Bonchev–Trinajstić information content (AvgIpc) is 3.32. The normalized spacial score (nSPS) is 19.9. The summed E-state index contributed by atoms with van der Waals surface area (Å²) in [6.45, 7) is 5.35. The van der Waals surface area contributed by atoms with Gasteiger partial charge in [0.1, 0.15) is 17.4 Å². The van der Waals surface area contributed by atoms with Gasteiger partial charge in [-0.2, -0.15) is 0 Å². The van der Waals surface area contributed by atoms with Gasteiger partial charge in [0.05, 0.1) is 12.6 Å². The van der Waals surface area contributed by atoms with E-state index in [0.29, 0.717) is 0 Å². The molecule has 0 radical (unpaired) electrons. The number of carbonyl (C=O) groups excluding carboxylic acids is 3. The Morgan fingerprint density at radius 1 is 1.14 bits per heavy atom. The molecule has 2 fully saturated rings. The van der Waals surface area contributed by atoms with Crippen molar-refractivity contribution < 1.29 is 23.9 Å². The molecular weight excluding hydrogens is 288 g/mol. The van der Waals surface area contributed by atoms with Gasteiger partial charge in [0, 0.05) is 0 Å². The second kappa shape index (κ2) is 6.64. The van der Waals surface area contributed by atoms with Gasteiger partial charge in [-0.3, -0.25) is 4.79 Å². The number of esters is 1. The fraction of sp³-hybridized carbons (Fsp3) is 0.800. The Morgan fingerprint density at radius 2 is 1.68 bits per heavy atom. The van der Waals surface area contributed by atoms with E-state index in [1.54, 1.807) is 27.8 Å².